The van der Waals surface area contributed by atoms with Crippen LogP contribution >= 0.6 is 11.3 Å². The molecule has 0 unspecified atom stereocenters. The Hall–Kier alpha value is -2.99. The van der Waals surface area contributed by atoms with Crippen molar-refractivity contribution in [1.29, 1.82) is 5.26 Å². The average molecular weight is 370 g/mol. The molecule has 2 aromatic heterocycles. The van der Waals surface area contributed by atoms with Gasteiger partial charge >= 0.3 is 0 Å². The molecule has 1 fully saturated rings. The number of carbonyl (C=O) groups excluding carboxylic acids is 2. The quantitative estimate of drug-likeness (QED) is 0.775. The van der Waals surface area contributed by atoms with E-state index in [2.05, 4.69) is 26.8 Å². The van der Waals surface area contributed by atoms with E-state index in [0.29, 0.717) is 42.6 Å². The first-order valence-corrected chi connectivity index (χ1v) is 9.09. The third kappa shape index (κ3) is 3.97. The van der Waals surface area contributed by atoms with Crippen molar-refractivity contribution < 1.29 is 9.59 Å². The van der Waals surface area contributed by atoms with Crippen LogP contribution in [-0.2, 0) is 4.79 Å². The van der Waals surface area contributed by atoms with Crippen molar-refractivity contribution in [3.63, 3.8) is 0 Å². The van der Waals surface area contributed by atoms with Crippen molar-refractivity contribution in [2.75, 3.05) is 25.0 Å². The summed E-state index contributed by atoms with van der Waals surface area (Å²) in [5.74, 6) is -0.565. The molecule has 2 aromatic rings. The van der Waals surface area contributed by atoms with Crippen LogP contribution in [0.2, 0.25) is 0 Å². The molecular formula is C17H18N6O2S. The normalized spacial score (nSPS) is 16.2. The number of nitriles is 1. The van der Waals surface area contributed by atoms with Crippen LogP contribution in [0.5, 0.6) is 0 Å². The number of aromatic nitrogens is 2. The number of carbonyl (C=O) groups is 2. The second-order valence-corrected chi connectivity index (χ2v) is 6.85. The SMILES string of the molecule is CCNC(=O)c1cccc(-c2cnc(NC(=O)[C@H]3CCN(C#N)C3)s2)n1. The molecule has 0 bridgehead atoms. The molecule has 0 radical (unpaired) electrons. The number of likely N-dealkylation sites (tertiary alicyclic amines) is 1. The Balaban J connectivity index is 1.68. The van der Waals surface area contributed by atoms with Gasteiger partial charge in [-0.2, -0.15) is 5.26 Å². The van der Waals surface area contributed by atoms with E-state index < -0.39 is 0 Å². The summed E-state index contributed by atoms with van der Waals surface area (Å²) in [6.45, 7) is 3.43. The minimum absolute atomic E-state index is 0.132. The van der Waals surface area contributed by atoms with E-state index in [-0.39, 0.29) is 17.7 Å². The maximum atomic E-state index is 12.3. The van der Waals surface area contributed by atoms with Gasteiger partial charge in [0.05, 0.1) is 16.5 Å². The molecule has 0 aromatic carbocycles. The van der Waals surface area contributed by atoms with Gasteiger partial charge in [-0.1, -0.05) is 17.4 Å². The molecule has 2 amide bonds. The zero-order chi connectivity index (χ0) is 18.5. The summed E-state index contributed by atoms with van der Waals surface area (Å²) in [7, 11) is 0. The molecule has 1 aliphatic rings. The Morgan fingerprint density at radius 1 is 1.46 bits per heavy atom. The van der Waals surface area contributed by atoms with Gasteiger partial charge in [-0.15, -0.1) is 0 Å². The fourth-order valence-corrected chi connectivity index (χ4v) is 3.46. The second kappa shape index (κ2) is 7.93. The van der Waals surface area contributed by atoms with Crippen LogP contribution in [0.25, 0.3) is 10.6 Å². The smallest absolute Gasteiger partial charge is 0.269 e. The van der Waals surface area contributed by atoms with Crippen molar-refractivity contribution in [3.8, 4) is 16.8 Å². The fraction of sp³-hybridized carbons (Fsp3) is 0.353. The Bertz CT molecular complexity index is 859. The van der Waals surface area contributed by atoms with Crippen molar-refractivity contribution >= 4 is 28.3 Å². The van der Waals surface area contributed by atoms with E-state index in [1.165, 1.54) is 11.3 Å². The molecule has 3 rings (SSSR count). The number of pyridine rings is 1. The Morgan fingerprint density at radius 2 is 2.31 bits per heavy atom. The molecule has 8 nitrogen and oxygen atoms in total. The number of nitrogens with zero attached hydrogens (tertiary/aromatic N) is 4. The lowest BCUT2D eigenvalue weighted by atomic mass is 10.1. The summed E-state index contributed by atoms with van der Waals surface area (Å²) in [6.07, 6.45) is 4.35. The summed E-state index contributed by atoms with van der Waals surface area (Å²) in [6, 6.07) is 5.21. The second-order valence-electron chi connectivity index (χ2n) is 5.82. The van der Waals surface area contributed by atoms with E-state index >= 15 is 0 Å². The molecule has 134 valence electrons. The number of hydrogen-bond donors (Lipinski definition) is 2. The van der Waals surface area contributed by atoms with Crippen LogP contribution < -0.4 is 10.6 Å². The number of thiazole rings is 1. The molecule has 0 saturated carbocycles. The molecule has 9 heteroatoms. The summed E-state index contributed by atoms with van der Waals surface area (Å²) >= 11 is 1.30. The van der Waals surface area contributed by atoms with Crippen molar-refractivity contribution in [2.24, 2.45) is 5.92 Å². The van der Waals surface area contributed by atoms with Gasteiger partial charge in [0.2, 0.25) is 5.91 Å². The molecule has 1 atom stereocenters. The van der Waals surface area contributed by atoms with Crippen LogP contribution in [0.1, 0.15) is 23.8 Å². The highest BCUT2D eigenvalue weighted by atomic mass is 32.1. The lowest BCUT2D eigenvalue weighted by molar-refractivity contribution is -0.119. The highest BCUT2D eigenvalue weighted by Gasteiger charge is 2.28. The monoisotopic (exact) mass is 370 g/mol. The number of anilines is 1. The number of hydrogen-bond acceptors (Lipinski definition) is 7. The van der Waals surface area contributed by atoms with E-state index in [9.17, 15) is 9.59 Å². The molecule has 26 heavy (non-hydrogen) atoms. The maximum Gasteiger partial charge on any atom is 0.269 e. The highest BCUT2D eigenvalue weighted by molar-refractivity contribution is 7.19. The predicted molar refractivity (Wildman–Crippen MR) is 97.3 cm³/mol. The first-order valence-electron chi connectivity index (χ1n) is 8.27. The predicted octanol–water partition coefficient (Wildman–Crippen LogP) is 1.70. The molecule has 0 spiro atoms. The Morgan fingerprint density at radius 3 is 3.04 bits per heavy atom. The number of amides is 2. The summed E-state index contributed by atoms with van der Waals surface area (Å²) in [5, 5.41) is 14.9. The minimum Gasteiger partial charge on any atom is -0.351 e. The van der Waals surface area contributed by atoms with Crippen LogP contribution in [0.4, 0.5) is 5.13 Å². The van der Waals surface area contributed by atoms with Crippen molar-refractivity contribution in [1.82, 2.24) is 20.2 Å². The highest BCUT2D eigenvalue weighted by Crippen LogP contribution is 2.28. The first kappa shape index (κ1) is 17.8. The molecule has 2 N–H and O–H groups in total. The lowest BCUT2D eigenvalue weighted by Gasteiger charge is -2.08. The topological polar surface area (TPSA) is 111 Å². The Labute approximate surface area is 154 Å². The van der Waals surface area contributed by atoms with Crippen LogP contribution in [0, 0.1) is 17.4 Å². The van der Waals surface area contributed by atoms with Gasteiger partial charge in [-0.3, -0.25) is 9.59 Å². The van der Waals surface area contributed by atoms with Gasteiger partial charge in [0.1, 0.15) is 5.69 Å². The van der Waals surface area contributed by atoms with Gasteiger partial charge < -0.3 is 15.5 Å². The van der Waals surface area contributed by atoms with Gasteiger partial charge in [0, 0.05) is 25.8 Å². The van der Waals surface area contributed by atoms with E-state index in [4.69, 9.17) is 5.26 Å². The molecule has 3 heterocycles. The fourth-order valence-electron chi connectivity index (χ4n) is 2.67. The van der Waals surface area contributed by atoms with Crippen molar-refractivity contribution in [3.05, 3.63) is 30.1 Å². The van der Waals surface area contributed by atoms with Crippen molar-refractivity contribution in [2.45, 2.75) is 13.3 Å². The Kier molecular flexibility index (Phi) is 5.43. The van der Waals surface area contributed by atoms with E-state index in [1.54, 1.807) is 29.3 Å². The molecular weight excluding hydrogens is 352 g/mol. The first-order chi connectivity index (χ1) is 12.6. The lowest BCUT2D eigenvalue weighted by Crippen LogP contribution is -2.25. The van der Waals surface area contributed by atoms with Crippen LogP contribution in [0.15, 0.2) is 24.4 Å². The standard InChI is InChI=1S/C17H18N6O2S/c1-2-19-16(25)13-5-3-4-12(21-13)14-8-20-17(26-14)22-15(24)11-6-7-23(9-11)10-18/h3-5,8,11H,2,6-7,9H2,1H3,(H,19,25)(H,20,22,24)/t11-/m0/s1. The third-order valence-corrected chi connectivity index (χ3v) is 4.94. The molecule has 1 aliphatic heterocycles. The van der Waals surface area contributed by atoms with E-state index in [0.717, 1.165) is 4.88 Å². The van der Waals surface area contributed by atoms with Crippen LogP contribution in [-0.4, -0.2) is 46.3 Å². The van der Waals surface area contributed by atoms with Gasteiger partial charge in [0.15, 0.2) is 11.3 Å². The largest absolute Gasteiger partial charge is 0.351 e. The molecule has 0 aliphatic carbocycles. The maximum absolute atomic E-state index is 12.3. The van der Waals surface area contributed by atoms with Gasteiger partial charge in [-0.25, -0.2) is 9.97 Å². The minimum atomic E-state index is -0.226. The van der Waals surface area contributed by atoms with Gasteiger partial charge in [0.25, 0.3) is 5.91 Å². The zero-order valence-electron chi connectivity index (χ0n) is 14.2. The third-order valence-electron chi connectivity index (χ3n) is 4.01. The van der Waals surface area contributed by atoms with Crippen LogP contribution in [0.3, 0.4) is 0 Å². The number of nitrogens with one attached hydrogen (secondary N) is 2. The average Bonchev–Trinajstić information content (AvgIpc) is 3.31. The summed E-state index contributed by atoms with van der Waals surface area (Å²) in [5.41, 5.74) is 0.967. The summed E-state index contributed by atoms with van der Waals surface area (Å²) in [4.78, 5) is 35.1. The molecule has 1 saturated heterocycles. The van der Waals surface area contributed by atoms with Gasteiger partial charge in [-0.05, 0) is 25.5 Å². The zero-order valence-corrected chi connectivity index (χ0v) is 15.0. The van der Waals surface area contributed by atoms with E-state index in [1.807, 2.05) is 6.92 Å². The number of rotatable bonds is 5. The summed E-state index contributed by atoms with van der Waals surface area (Å²) < 4.78 is 0.